The Kier molecular flexibility index (Phi) is 4.84. The van der Waals surface area contributed by atoms with E-state index in [1.54, 1.807) is 17.7 Å². The highest BCUT2D eigenvalue weighted by Gasteiger charge is 2.12. The molecule has 0 radical (unpaired) electrons. The maximum Gasteiger partial charge on any atom is 0.261 e. The van der Waals surface area contributed by atoms with E-state index in [-0.39, 0.29) is 11.5 Å². The zero-order valence-corrected chi connectivity index (χ0v) is 13.4. The van der Waals surface area contributed by atoms with Crippen LogP contribution in [0.4, 0.5) is 0 Å². The van der Waals surface area contributed by atoms with Crippen LogP contribution in [0.2, 0.25) is 0 Å². The summed E-state index contributed by atoms with van der Waals surface area (Å²) in [6.45, 7) is 4.87. The molecule has 0 saturated carbocycles. The van der Waals surface area contributed by atoms with E-state index in [0.717, 1.165) is 18.8 Å². The molecule has 1 heterocycles. The van der Waals surface area contributed by atoms with Crippen molar-refractivity contribution in [2.45, 2.75) is 38.3 Å². The Morgan fingerprint density at radius 1 is 1.38 bits per heavy atom. The molecule has 6 nitrogen and oxygen atoms in total. The Labute approximate surface area is 128 Å². The van der Waals surface area contributed by atoms with E-state index >= 15 is 0 Å². The average Bonchev–Trinajstić information content (AvgIpc) is 2.84. The van der Waals surface area contributed by atoms with E-state index < -0.39 is 9.05 Å². The van der Waals surface area contributed by atoms with E-state index in [9.17, 15) is 8.42 Å². The molecule has 114 valence electrons. The minimum Gasteiger partial charge on any atom is -0.485 e. The van der Waals surface area contributed by atoms with Gasteiger partial charge in [0.25, 0.3) is 9.05 Å². The number of hydrogen-bond acceptors (Lipinski definition) is 5. The highest BCUT2D eigenvalue weighted by atomic mass is 35.7. The zero-order valence-electron chi connectivity index (χ0n) is 11.8. The molecule has 2 rings (SSSR count). The van der Waals surface area contributed by atoms with Crippen LogP contribution in [0.25, 0.3) is 0 Å². The van der Waals surface area contributed by atoms with Crippen LogP contribution in [-0.4, -0.2) is 23.2 Å². The first kappa shape index (κ1) is 15.8. The SMILES string of the molecule is CCCn1ncnc1COc1ccc(S(=O)(=O)Cl)cc1C. The van der Waals surface area contributed by atoms with Crippen LogP contribution in [0.1, 0.15) is 24.7 Å². The smallest absolute Gasteiger partial charge is 0.261 e. The molecule has 21 heavy (non-hydrogen) atoms. The topological polar surface area (TPSA) is 74.1 Å². The van der Waals surface area contributed by atoms with Crippen molar-refractivity contribution < 1.29 is 13.2 Å². The van der Waals surface area contributed by atoms with Crippen molar-refractivity contribution in [1.82, 2.24) is 14.8 Å². The summed E-state index contributed by atoms with van der Waals surface area (Å²) in [7, 11) is 1.58. The number of rotatable bonds is 6. The van der Waals surface area contributed by atoms with Crippen molar-refractivity contribution in [3.8, 4) is 5.75 Å². The quantitative estimate of drug-likeness (QED) is 0.761. The Balaban J connectivity index is 2.12. The molecule has 8 heteroatoms. The molecule has 0 unspecified atom stereocenters. The van der Waals surface area contributed by atoms with Gasteiger partial charge in [-0.05, 0) is 37.1 Å². The Morgan fingerprint density at radius 3 is 2.76 bits per heavy atom. The second kappa shape index (κ2) is 6.44. The van der Waals surface area contributed by atoms with Gasteiger partial charge < -0.3 is 4.74 Å². The highest BCUT2D eigenvalue weighted by molar-refractivity contribution is 8.13. The molecule has 0 N–H and O–H groups in total. The second-order valence-electron chi connectivity index (χ2n) is 4.55. The number of aryl methyl sites for hydroxylation is 2. The van der Waals surface area contributed by atoms with E-state index in [1.165, 1.54) is 18.5 Å². The second-order valence-corrected chi connectivity index (χ2v) is 7.12. The third-order valence-corrected chi connectivity index (χ3v) is 4.27. The van der Waals surface area contributed by atoms with Crippen LogP contribution < -0.4 is 4.74 Å². The average molecular weight is 330 g/mol. The number of hydrogen-bond donors (Lipinski definition) is 0. The summed E-state index contributed by atoms with van der Waals surface area (Å²) < 4.78 is 30.0. The molecule has 0 aliphatic heterocycles. The number of benzene rings is 1. The van der Waals surface area contributed by atoms with Crippen LogP contribution in [0.15, 0.2) is 29.4 Å². The summed E-state index contributed by atoms with van der Waals surface area (Å²) in [5.74, 6) is 1.32. The molecule has 0 aliphatic carbocycles. The van der Waals surface area contributed by atoms with Crippen molar-refractivity contribution in [3.63, 3.8) is 0 Å². The van der Waals surface area contributed by atoms with Gasteiger partial charge in [0.05, 0.1) is 4.90 Å². The van der Waals surface area contributed by atoms with Gasteiger partial charge in [-0.1, -0.05) is 6.92 Å². The Hall–Kier alpha value is -1.60. The summed E-state index contributed by atoms with van der Waals surface area (Å²) in [5, 5.41) is 4.12. The molecule has 0 atom stereocenters. The lowest BCUT2D eigenvalue weighted by molar-refractivity contribution is 0.284. The monoisotopic (exact) mass is 329 g/mol. The summed E-state index contributed by atoms with van der Waals surface area (Å²) in [5.41, 5.74) is 0.693. The molecule has 1 aromatic carbocycles. The largest absolute Gasteiger partial charge is 0.485 e. The summed E-state index contributed by atoms with van der Waals surface area (Å²) in [6.07, 6.45) is 2.45. The van der Waals surface area contributed by atoms with Crippen molar-refractivity contribution in [1.29, 1.82) is 0 Å². The molecular weight excluding hydrogens is 314 g/mol. The highest BCUT2D eigenvalue weighted by Crippen LogP contribution is 2.24. The van der Waals surface area contributed by atoms with Gasteiger partial charge in [-0.2, -0.15) is 5.10 Å². The van der Waals surface area contributed by atoms with Gasteiger partial charge >= 0.3 is 0 Å². The molecule has 0 spiro atoms. The zero-order chi connectivity index (χ0) is 15.5. The summed E-state index contributed by atoms with van der Waals surface area (Å²) in [4.78, 5) is 4.20. The standard InChI is InChI=1S/C13H16ClN3O3S/c1-3-6-17-13(15-9-16-17)8-20-12-5-4-11(7-10(12)2)21(14,18)19/h4-5,7,9H,3,6,8H2,1-2H3. The van der Waals surface area contributed by atoms with Crippen LogP contribution >= 0.6 is 10.7 Å². The number of aromatic nitrogens is 3. The predicted octanol–water partition coefficient (Wildman–Crippen LogP) is 2.50. The van der Waals surface area contributed by atoms with Crippen LogP contribution in [-0.2, 0) is 22.2 Å². The maximum absolute atomic E-state index is 11.3. The minimum absolute atomic E-state index is 0.0585. The van der Waals surface area contributed by atoms with E-state index in [2.05, 4.69) is 17.0 Å². The van der Waals surface area contributed by atoms with E-state index in [4.69, 9.17) is 15.4 Å². The van der Waals surface area contributed by atoms with Gasteiger partial charge in [-0.3, -0.25) is 0 Å². The third-order valence-electron chi connectivity index (χ3n) is 2.92. The fraction of sp³-hybridized carbons (Fsp3) is 0.385. The molecule has 2 aromatic rings. The third kappa shape index (κ3) is 3.95. The maximum atomic E-state index is 11.3. The van der Waals surface area contributed by atoms with Crippen LogP contribution in [0, 0.1) is 6.92 Å². The summed E-state index contributed by atoms with van der Waals surface area (Å²) >= 11 is 0. The normalized spacial score (nSPS) is 11.6. The predicted molar refractivity (Wildman–Crippen MR) is 78.9 cm³/mol. The lowest BCUT2D eigenvalue weighted by Crippen LogP contribution is -2.09. The van der Waals surface area contributed by atoms with Crippen molar-refractivity contribution in [3.05, 3.63) is 35.9 Å². The lowest BCUT2D eigenvalue weighted by Gasteiger charge is -2.10. The minimum atomic E-state index is -3.72. The van der Waals surface area contributed by atoms with E-state index in [0.29, 0.717) is 11.3 Å². The van der Waals surface area contributed by atoms with E-state index in [1.807, 2.05) is 0 Å². The van der Waals surface area contributed by atoms with Gasteiger partial charge in [-0.25, -0.2) is 18.1 Å². The Morgan fingerprint density at radius 2 is 2.14 bits per heavy atom. The molecule has 0 fully saturated rings. The number of ether oxygens (including phenoxy) is 1. The van der Waals surface area contributed by atoms with Crippen molar-refractivity contribution >= 4 is 19.7 Å². The molecule has 0 amide bonds. The number of nitrogens with zero attached hydrogens (tertiary/aromatic N) is 3. The lowest BCUT2D eigenvalue weighted by atomic mass is 10.2. The van der Waals surface area contributed by atoms with Crippen molar-refractivity contribution in [2.24, 2.45) is 0 Å². The summed E-state index contributed by atoms with van der Waals surface area (Å²) in [6, 6.07) is 4.49. The molecule has 0 saturated heterocycles. The molecule has 0 aliphatic rings. The molecule has 0 bridgehead atoms. The van der Waals surface area contributed by atoms with Crippen LogP contribution in [0.3, 0.4) is 0 Å². The fourth-order valence-corrected chi connectivity index (χ4v) is 2.71. The van der Waals surface area contributed by atoms with Gasteiger partial charge in [0, 0.05) is 17.2 Å². The number of halogens is 1. The van der Waals surface area contributed by atoms with Gasteiger partial charge in [0.15, 0.2) is 5.82 Å². The van der Waals surface area contributed by atoms with Gasteiger partial charge in [0.2, 0.25) is 0 Å². The first-order chi connectivity index (χ1) is 9.91. The van der Waals surface area contributed by atoms with Gasteiger partial charge in [-0.15, -0.1) is 0 Å². The first-order valence-corrected chi connectivity index (χ1v) is 8.77. The van der Waals surface area contributed by atoms with Crippen LogP contribution in [0.5, 0.6) is 5.75 Å². The first-order valence-electron chi connectivity index (χ1n) is 6.46. The molecular formula is C13H16ClN3O3S. The van der Waals surface area contributed by atoms with Crippen molar-refractivity contribution in [2.75, 3.05) is 0 Å². The molecule has 1 aromatic heterocycles. The fourth-order valence-electron chi connectivity index (χ4n) is 1.88. The Bertz CT molecular complexity index is 728. The van der Waals surface area contributed by atoms with Gasteiger partial charge in [0.1, 0.15) is 18.7 Å².